The van der Waals surface area contributed by atoms with Crippen molar-refractivity contribution in [2.45, 2.75) is 52.4 Å². The highest BCUT2D eigenvalue weighted by Crippen LogP contribution is 2.20. The maximum absolute atomic E-state index is 13.7. The van der Waals surface area contributed by atoms with Gasteiger partial charge in [-0.05, 0) is 51.8 Å². The van der Waals surface area contributed by atoms with Gasteiger partial charge in [0.05, 0.1) is 6.10 Å². The third-order valence-electron chi connectivity index (χ3n) is 4.35. The molecule has 1 fully saturated rings. The first kappa shape index (κ1) is 19.7. The van der Waals surface area contributed by atoms with Crippen molar-refractivity contribution in [3.05, 3.63) is 35.1 Å². The Morgan fingerprint density at radius 1 is 1.40 bits per heavy atom. The van der Waals surface area contributed by atoms with Crippen LogP contribution in [0.2, 0.25) is 0 Å². The molecule has 1 N–H and O–H groups in total. The van der Waals surface area contributed by atoms with Crippen molar-refractivity contribution in [3.8, 4) is 0 Å². The van der Waals surface area contributed by atoms with Gasteiger partial charge in [-0.3, -0.25) is 4.90 Å². The van der Waals surface area contributed by atoms with Gasteiger partial charge in [0.25, 0.3) is 0 Å². The van der Waals surface area contributed by atoms with Gasteiger partial charge < -0.3 is 14.7 Å². The normalized spacial score (nSPS) is 20.4. The van der Waals surface area contributed by atoms with Gasteiger partial charge in [0, 0.05) is 32.2 Å². The molecule has 1 heterocycles. The lowest BCUT2D eigenvalue weighted by Crippen LogP contribution is -2.55. The topological polar surface area (TPSA) is 53.0 Å². The highest BCUT2D eigenvalue weighted by Gasteiger charge is 2.31. The van der Waals surface area contributed by atoms with Crippen LogP contribution in [0.4, 0.5) is 9.18 Å². The largest absolute Gasteiger partial charge is 0.444 e. The van der Waals surface area contributed by atoms with E-state index in [4.69, 9.17) is 4.74 Å². The van der Waals surface area contributed by atoms with Crippen LogP contribution in [0.3, 0.4) is 0 Å². The summed E-state index contributed by atoms with van der Waals surface area (Å²) in [5.41, 5.74) is 0.625. The molecule has 0 bridgehead atoms. The van der Waals surface area contributed by atoms with Crippen LogP contribution in [0.15, 0.2) is 18.2 Å². The standard InChI is InChI=1S/C19H29FN2O3/c1-13-6-7-15(10-16(13)20)17(23)12-21-8-9-22(14(2)11-21)18(24)25-19(3,4)5/h6-7,10,14,17,23H,8-9,11-12H2,1-5H3/t14-,17+/m1/s1. The summed E-state index contributed by atoms with van der Waals surface area (Å²) >= 11 is 0. The number of carbonyl (C=O) groups excluding carboxylic acids is 1. The van der Waals surface area contributed by atoms with Gasteiger partial charge in [-0.25, -0.2) is 9.18 Å². The van der Waals surface area contributed by atoms with Crippen molar-refractivity contribution >= 4 is 6.09 Å². The number of piperazine rings is 1. The number of carbonyl (C=O) groups is 1. The molecule has 2 atom stereocenters. The number of hydrogen-bond acceptors (Lipinski definition) is 4. The van der Waals surface area contributed by atoms with Crippen LogP contribution in [0.5, 0.6) is 0 Å². The highest BCUT2D eigenvalue weighted by atomic mass is 19.1. The number of aryl methyl sites for hydroxylation is 1. The number of amides is 1. The van der Waals surface area contributed by atoms with E-state index in [2.05, 4.69) is 4.90 Å². The molecule has 0 aliphatic carbocycles. The van der Waals surface area contributed by atoms with Crippen molar-refractivity contribution in [3.63, 3.8) is 0 Å². The third-order valence-corrected chi connectivity index (χ3v) is 4.35. The number of benzene rings is 1. The zero-order valence-electron chi connectivity index (χ0n) is 15.8. The fourth-order valence-corrected chi connectivity index (χ4v) is 2.96. The van der Waals surface area contributed by atoms with E-state index in [1.54, 1.807) is 24.0 Å². The summed E-state index contributed by atoms with van der Waals surface area (Å²) in [5.74, 6) is -0.306. The molecule has 0 aromatic heterocycles. The molecule has 5 nitrogen and oxygen atoms in total. The Morgan fingerprint density at radius 2 is 2.08 bits per heavy atom. The molecule has 25 heavy (non-hydrogen) atoms. The molecule has 140 valence electrons. The average Bonchev–Trinajstić information content (AvgIpc) is 2.48. The number of rotatable bonds is 3. The molecule has 1 aliphatic rings. The quantitative estimate of drug-likeness (QED) is 0.908. The monoisotopic (exact) mass is 352 g/mol. The van der Waals surface area contributed by atoms with Crippen LogP contribution in [0.25, 0.3) is 0 Å². The molecular formula is C19H29FN2O3. The SMILES string of the molecule is Cc1ccc([C@@H](O)CN2CCN(C(=O)OC(C)(C)C)[C@H](C)C2)cc1F. The van der Waals surface area contributed by atoms with Gasteiger partial charge in [0.1, 0.15) is 11.4 Å². The van der Waals surface area contributed by atoms with Gasteiger partial charge in [-0.15, -0.1) is 0 Å². The minimum Gasteiger partial charge on any atom is -0.444 e. The third kappa shape index (κ3) is 5.41. The zero-order valence-corrected chi connectivity index (χ0v) is 15.8. The second kappa shape index (κ2) is 7.70. The molecule has 0 spiro atoms. The van der Waals surface area contributed by atoms with E-state index in [0.717, 1.165) is 0 Å². The molecule has 1 amide bonds. The zero-order chi connectivity index (χ0) is 18.8. The number of aliphatic hydroxyl groups excluding tert-OH is 1. The van der Waals surface area contributed by atoms with E-state index >= 15 is 0 Å². The smallest absolute Gasteiger partial charge is 0.410 e. The van der Waals surface area contributed by atoms with Crippen molar-refractivity contribution in [1.29, 1.82) is 0 Å². The minimum absolute atomic E-state index is 0.00875. The fraction of sp³-hybridized carbons (Fsp3) is 0.632. The van der Waals surface area contributed by atoms with E-state index in [9.17, 15) is 14.3 Å². The predicted octanol–water partition coefficient (Wildman–Crippen LogP) is 3.11. The summed E-state index contributed by atoms with van der Waals surface area (Å²) in [7, 11) is 0. The molecule has 0 unspecified atom stereocenters. The molecule has 1 aliphatic heterocycles. The first-order valence-electron chi connectivity index (χ1n) is 8.73. The number of hydrogen-bond donors (Lipinski definition) is 1. The lowest BCUT2D eigenvalue weighted by Gasteiger charge is -2.40. The summed E-state index contributed by atoms with van der Waals surface area (Å²) < 4.78 is 19.1. The second-order valence-electron chi connectivity index (χ2n) is 7.81. The lowest BCUT2D eigenvalue weighted by molar-refractivity contribution is -0.00423. The van der Waals surface area contributed by atoms with Gasteiger partial charge in [0.15, 0.2) is 0 Å². The van der Waals surface area contributed by atoms with Crippen molar-refractivity contribution in [1.82, 2.24) is 9.80 Å². The van der Waals surface area contributed by atoms with Crippen LogP contribution < -0.4 is 0 Å². The van der Waals surface area contributed by atoms with Gasteiger partial charge in [-0.1, -0.05) is 12.1 Å². The van der Waals surface area contributed by atoms with Crippen LogP contribution in [0.1, 0.15) is 44.9 Å². The summed E-state index contributed by atoms with van der Waals surface area (Å²) in [6.45, 7) is 11.5. The maximum atomic E-state index is 13.7. The Labute approximate surface area is 149 Å². The van der Waals surface area contributed by atoms with Crippen molar-refractivity contribution in [2.24, 2.45) is 0 Å². The lowest BCUT2D eigenvalue weighted by atomic mass is 10.1. The van der Waals surface area contributed by atoms with Crippen LogP contribution >= 0.6 is 0 Å². The number of nitrogens with zero attached hydrogens (tertiary/aromatic N) is 2. The predicted molar refractivity (Wildman–Crippen MR) is 94.9 cm³/mol. The van der Waals surface area contributed by atoms with Crippen molar-refractivity contribution < 1.29 is 19.0 Å². The first-order chi connectivity index (χ1) is 11.6. The van der Waals surface area contributed by atoms with E-state index in [1.807, 2.05) is 27.7 Å². The highest BCUT2D eigenvalue weighted by molar-refractivity contribution is 5.68. The summed E-state index contributed by atoms with van der Waals surface area (Å²) in [6.07, 6.45) is -1.06. The minimum atomic E-state index is -0.754. The molecule has 0 radical (unpaired) electrons. The Morgan fingerprint density at radius 3 is 2.64 bits per heavy atom. The van der Waals surface area contributed by atoms with Gasteiger partial charge >= 0.3 is 6.09 Å². The van der Waals surface area contributed by atoms with E-state index < -0.39 is 11.7 Å². The second-order valence-corrected chi connectivity index (χ2v) is 7.81. The summed E-state index contributed by atoms with van der Waals surface area (Å²) in [6, 6.07) is 4.81. The van der Waals surface area contributed by atoms with Gasteiger partial charge in [-0.2, -0.15) is 0 Å². The number of aliphatic hydroxyl groups is 1. The molecule has 1 saturated heterocycles. The van der Waals surface area contributed by atoms with E-state index in [1.165, 1.54) is 6.07 Å². The molecule has 1 aromatic rings. The van der Waals surface area contributed by atoms with Crippen LogP contribution in [-0.2, 0) is 4.74 Å². The van der Waals surface area contributed by atoms with E-state index in [0.29, 0.717) is 37.3 Å². The van der Waals surface area contributed by atoms with Crippen LogP contribution in [0, 0.1) is 12.7 Å². The summed E-state index contributed by atoms with van der Waals surface area (Å²) in [4.78, 5) is 16.1. The Kier molecular flexibility index (Phi) is 6.06. The molecule has 2 rings (SSSR count). The molecular weight excluding hydrogens is 323 g/mol. The average molecular weight is 352 g/mol. The number of β-amino-alcohol motifs (C(OH)–C–C–N with tert-alkyl or cyclic N) is 1. The first-order valence-corrected chi connectivity index (χ1v) is 8.73. The number of halogens is 1. The van der Waals surface area contributed by atoms with E-state index in [-0.39, 0.29) is 18.0 Å². The summed E-state index contributed by atoms with van der Waals surface area (Å²) in [5, 5.41) is 10.4. The molecule has 0 saturated carbocycles. The van der Waals surface area contributed by atoms with Crippen molar-refractivity contribution in [2.75, 3.05) is 26.2 Å². The number of ether oxygens (including phenoxy) is 1. The maximum Gasteiger partial charge on any atom is 0.410 e. The van der Waals surface area contributed by atoms with Gasteiger partial charge in [0.2, 0.25) is 0 Å². The molecule has 6 heteroatoms. The Balaban J connectivity index is 1.92. The Hall–Kier alpha value is -1.66. The fourth-order valence-electron chi connectivity index (χ4n) is 2.96. The van der Waals surface area contributed by atoms with Crippen LogP contribution in [-0.4, -0.2) is 58.8 Å². The Bertz CT molecular complexity index is 615. The molecule has 1 aromatic carbocycles.